The highest BCUT2D eigenvalue weighted by atomic mass is 15.0. The molecule has 0 amide bonds. The number of para-hydroxylation sites is 2. The molecule has 0 spiro atoms. The quantitative estimate of drug-likeness (QED) is 0.161. The van der Waals surface area contributed by atoms with Gasteiger partial charge < -0.3 is 9.13 Å². The molecule has 2 aliphatic carbocycles. The summed E-state index contributed by atoms with van der Waals surface area (Å²) < 4.78 is 4.45. The van der Waals surface area contributed by atoms with E-state index in [4.69, 9.17) is 6.57 Å². The third kappa shape index (κ3) is 4.28. The summed E-state index contributed by atoms with van der Waals surface area (Å²) >= 11 is 0. The van der Waals surface area contributed by atoms with Crippen molar-refractivity contribution < 1.29 is 0 Å². The molecule has 4 heteroatoms. The second-order valence-corrected chi connectivity index (χ2v) is 18.3. The smallest absolute Gasteiger partial charge is 0.212 e. The summed E-state index contributed by atoms with van der Waals surface area (Å²) in [4.78, 5) is 4.27. The Kier molecular flexibility index (Phi) is 6.69. The highest BCUT2D eigenvalue weighted by molar-refractivity contribution is 6.15. The van der Waals surface area contributed by atoms with Gasteiger partial charge in [-0.1, -0.05) is 137 Å². The van der Waals surface area contributed by atoms with Crippen molar-refractivity contribution in [3.8, 4) is 39.7 Å². The van der Waals surface area contributed by atoms with Crippen LogP contribution >= 0.6 is 0 Å². The lowest BCUT2D eigenvalue weighted by molar-refractivity contribution is 0.661. The predicted octanol–water partition coefficient (Wildman–Crippen LogP) is 15.2. The zero-order chi connectivity index (χ0) is 41.8. The number of hydrogen-bond acceptors (Lipinski definition) is 1. The molecular formula is C58H38N4. The minimum atomic E-state index is -0.198. The van der Waals surface area contributed by atoms with Crippen LogP contribution in [0.2, 0.25) is 0 Å². The van der Waals surface area contributed by atoms with Crippen molar-refractivity contribution in [1.29, 1.82) is 5.26 Å². The van der Waals surface area contributed by atoms with E-state index in [1.54, 1.807) is 0 Å². The molecule has 0 N–H and O–H groups in total. The largest absolute Gasteiger partial charge is 0.319 e. The summed E-state index contributed by atoms with van der Waals surface area (Å²) in [7, 11) is 0. The van der Waals surface area contributed by atoms with Crippen LogP contribution in [0, 0.1) is 17.9 Å². The van der Waals surface area contributed by atoms with E-state index in [0.717, 1.165) is 43.6 Å². The third-order valence-corrected chi connectivity index (χ3v) is 14.5. The van der Waals surface area contributed by atoms with Crippen molar-refractivity contribution in [2.24, 2.45) is 0 Å². The van der Waals surface area contributed by atoms with Gasteiger partial charge >= 0.3 is 0 Å². The lowest BCUT2D eigenvalue weighted by Crippen LogP contribution is -2.14. The fraction of sp³-hybridized carbons (Fsp3) is 0.103. The van der Waals surface area contributed by atoms with E-state index in [-0.39, 0.29) is 10.8 Å². The first-order valence-electron chi connectivity index (χ1n) is 21.4. The first-order chi connectivity index (χ1) is 30.2. The number of hydrogen-bond donors (Lipinski definition) is 0. The van der Waals surface area contributed by atoms with Gasteiger partial charge in [0, 0.05) is 32.4 Å². The van der Waals surface area contributed by atoms with Gasteiger partial charge in [-0.05, 0) is 115 Å². The van der Waals surface area contributed by atoms with Crippen LogP contribution < -0.4 is 0 Å². The van der Waals surface area contributed by atoms with Crippen molar-refractivity contribution in [2.45, 2.75) is 38.5 Å². The van der Waals surface area contributed by atoms with E-state index in [9.17, 15) is 5.26 Å². The van der Waals surface area contributed by atoms with Gasteiger partial charge in [0.2, 0.25) is 5.69 Å². The van der Waals surface area contributed by atoms with Crippen LogP contribution in [-0.2, 0) is 10.8 Å². The van der Waals surface area contributed by atoms with E-state index >= 15 is 0 Å². The minimum absolute atomic E-state index is 0.198. The molecule has 0 bridgehead atoms. The number of nitriles is 1. The zero-order valence-corrected chi connectivity index (χ0v) is 34.8. The van der Waals surface area contributed by atoms with Crippen LogP contribution in [0.3, 0.4) is 0 Å². The summed E-state index contributed by atoms with van der Waals surface area (Å²) in [5.41, 5.74) is 16.3. The Morgan fingerprint density at radius 3 is 1.39 bits per heavy atom. The summed E-state index contributed by atoms with van der Waals surface area (Å²) in [6, 6.07) is 59.3. The average molecular weight is 791 g/mol. The molecule has 0 radical (unpaired) electrons. The zero-order valence-electron chi connectivity index (χ0n) is 34.8. The standard InChI is InChI=1S/C58H38N4/c1-57(2)44-24-22-33-14-6-8-16-36(33)55(44)42-29-52-40(27-46(42)57)38-18-10-12-20-49(38)61(52)51-31-48(60-5)54(26-35(51)32-59)62-50-21-13-11-19-39(50)41-28-47-43(30-53(41)62)56-37-17-9-7-15-34(37)23-25-45(56)58(47,3)4/h6-31H,1-4H3. The summed E-state index contributed by atoms with van der Waals surface area (Å²) in [6.07, 6.45) is 0. The molecule has 4 nitrogen and oxygen atoms in total. The van der Waals surface area contributed by atoms with Crippen LogP contribution in [0.4, 0.5) is 5.69 Å². The lowest BCUT2D eigenvalue weighted by atomic mass is 9.81. The van der Waals surface area contributed by atoms with Gasteiger partial charge in [0.25, 0.3) is 0 Å². The maximum absolute atomic E-state index is 11.2. The maximum atomic E-state index is 11.2. The van der Waals surface area contributed by atoms with Crippen molar-refractivity contribution in [3.63, 3.8) is 0 Å². The number of fused-ring (bicyclic) bond motifs is 16. The Labute approximate surface area is 358 Å². The van der Waals surface area contributed by atoms with E-state index in [1.165, 1.54) is 66.1 Å². The normalized spacial score (nSPS) is 14.4. The molecule has 13 rings (SSSR count). The molecular weight excluding hydrogens is 753 g/mol. The molecule has 0 aliphatic heterocycles. The topological polar surface area (TPSA) is 38.0 Å². The third-order valence-electron chi connectivity index (χ3n) is 14.5. The van der Waals surface area contributed by atoms with Crippen LogP contribution in [0.15, 0.2) is 158 Å². The van der Waals surface area contributed by atoms with E-state index < -0.39 is 0 Å². The summed E-state index contributed by atoms with van der Waals surface area (Å²) in [5.74, 6) is 0. The van der Waals surface area contributed by atoms with Crippen molar-refractivity contribution in [1.82, 2.24) is 9.13 Å². The fourth-order valence-electron chi connectivity index (χ4n) is 11.6. The van der Waals surface area contributed by atoms with Gasteiger partial charge in [0.1, 0.15) is 6.07 Å². The second kappa shape index (κ2) is 11.9. The van der Waals surface area contributed by atoms with Gasteiger partial charge in [-0.25, -0.2) is 4.85 Å². The first kappa shape index (κ1) is 34.9. The average Bonchev–Trinajstić information content (AvgIpc) is 3.95. The van der Waals surface area contributed by atoms with E-state index in [1.807, 2.05) is 12.1 Å². The van der Waals surface area contributed by atoms with E-state index in [0.29, 0.717) is 22.6 Å². The molecule has 2 aliphatic rings. The van der Waals surface area contributed by atoms with Crippen LogP contribution in [0.5, 0.6) is 0 Å². The number of aromatic nitrogens is 2. The second-order valence-electron chi connectivity index (χ2n) is 18.3. The summed E-state index contributed by atoms with van der Waals surface area (Å²) in [6.45, 7) is 18.1. The number of benzene rings is 9. The Morgan fingerprint density at radius 2 is 0.903 bits per heavy atom. The van der Waals surface area contributed by atoms with E-state index in [2.05, 4.69) is 193 Å². The number of nitrogens with zero attached hydrogens (tertiary/aromatic N) is 4. The van der Waals surface area contributed by atoms with Crippen molar-refractivity contribution in [2.75, 3.05) is 0 Å². The summed E-state index contributed by atoms with van der Waals surface area (Å²) in [5, 5.41) is 20.6. The lowest BCUT2D eigenvalue weighted by Gasteiger charge is -2.22. The van der Waals surface area contributed by atoms with Gasteiger partial charge in [0.05, 0.1) is 45.6 Å². The molecule has 9 aromatic carbocycles. The molecule has 0 saturated heterocycles. The molecule has 0 atom stereocenters. The van der Waals surface area contributed by atoms with Gasteiger partial charge in [-0.2, -0.15) is 5.26 Å². The SMILES string of the molecule is [C-]#[N+]c1cc(-n2c3ccccc3c3cc4c(cc32)-c2c(ccc3ccccc23)C4(C)C)c(C#N)cc1-n1c2ccccc2c2cc3c(cc21)-c1c(ccc2ccccc12)C3(C)C. The highest BCUT2D eigenvalue weighted by Crippen LogP contribution is 2.55. The molecule has 0 fully saturated rings. The molecule has 290 valence electrons. The van der Waals surface area contributed by atoms with Crippen LogP contribution in [0.1, 0.15) is 55.5 Å². The predicted molar refractivity (Wildman–Crippen MR) is 256 cm³/mol. The molecule has 2 heterocycles. The van der Waals surface area contributed by atoms with Gasteiger partial charge in [-0.15, -0.1) is 0 Å². The first-order valence-corrected chi connectivity index (χ1v) is 21.4. The molecule has 2 aromatic heterocycles. The van der Waals surface area contributed by atoms with Gasteiger partial charge in [0.15, 0.2) is 0 Å². The Morgan fingerprint density at radius 1 is 0.452 bits per heavy atom. The molecule has 62 heavy (non-hydrogen) atoms. The van der Waals surface area contributed by atoms with Crippen LogP contribution in [-0.4, -0.2) is 9.13 Å². The van der Waals surface area contributed by atoms with Gasteiger partial charge in [-0.3, -0.25) is 0 Å². The Balaban J connectivity index is 1.09. The number of rotatable bonds is 2. The molecule has 11 aromatic rings. The van der Waals surface area contributed by atoms with Crippen molar-refractivity contribution >= 4 is 70.8 Å². The fourth-order valence-corrected chi connectivity index (χ4v) is 11.6. The molecule has 0 unspecified atom stereocenters. The van der Waals surface area contributed by atoms with Crippen LogP contribution in [0.25, 0.3) is 104 Å². The Bertz CT molecular complexity index is 3690. The minimum Gasteiger partial charge on any atom is -0.319 e. The monoisotopic (exact) mass is 790 g/mol. The molecule has 0 saturated carbocycles. The highest BCUT2D eigenvalue weighted by Gasteiger charge is 2.39. The van der Waals surface area contributed by atoms with Crippen molar-refractivity contribution in [3.05, 3.63) is 197 Å². The Hall–Kier alpha value is -7.92. The maximum Gasteiger partial charge on any atom is 0.212 e.